The molecule has 1 saturated heterocycles. The minimum absolute atomic E-state index is 0.00912. The Bertz CT molecular complexity index is 454. The summed E-state index contributed by atoms with van der Waals surface area (Å²) in [6.45, 7) is 5.70. The molecule has 0 bridgehead atoms. The van der Waals surface area contributed by atoms with Gasteiger partial charge in [0.05, 0.1) is 12.2 Å². The zero-order valence-corrected chi connectivity index (χ0v) is 12.0. The van der Waals surface area contributed by atoms with Crippen molar-refractivity contribution in [2.24, 2.45) is 5.73 Å². The van der Waals surface area contributed by atoms with Crippen molar-refractivity contribution in [3.05, 3.63) is 29.8 Å². The highest BCUT2D eigenvalue weighted by molar-refractivity contribution is 5.78. The molecule has 1 amide bonds. The van der Waals surface area contributed by atoms with Crippen LogP contribution in [0.1, 0.15) is 19.4 Å². The van der Waals surface area contributed by atoms with Gasteiger partial charge < -0.3 is 20.1 Å². The normalized spacial score (nSPS) is 22.6. The Balaban J connectivity index is 1.88. The fourth-order valence-corrected chi connectivity index (χ4v) is 2.38. The fraction of sp³-hybridized carbons (Fsp3) is 0.533. The summed E-state index contributed by atoms with van der Waals surface area (Å²) >= 11 is 0. The van der Waals surface area contributed by atoms with Crippen LogP contribution >= 0.6 is 0 Å². The average molecular weight is 278 g/mol. The summed E-state index contributed by atoms with van der Waals surface area (Å²) in [5.74, 6) is 0.667. The number of ether oxygens (including phenoxy) is 2. The average Bonchev–Trinajstić information content (AvgIpc) is 2.44. The van der Waals surface area contributed by atoms with Gasteiger partial charge in [-0.2, -0.15) is 0 Å². The van der Waals surface area contributed by atoms with E-state index >= 15 is 0 Å². The molecule has 0 aliphatic carbocycles. The lowest BCUT2D eigenvalue weighted by atomic mass is 10.2. The summed E-state index contributed by atoms with van der Waals surface area (Å²) in [5, 5.41) is 0. The van der Waals surface area contributed by atoms with Crippen molar-refractivity contribution in [2.75, 3.05) is 19.7 Å². The molecule has 1 aromatic carbocycles. The minimum Gasteiger partial charge on any atom is -0.484 e. The van der Waals surface area contributed by atoms with E-state index in [-0.39, 0.29) is 24.7 Å². The number of hydrogen-bond acceptors (Lipinski definition) is 4. The molecule has 2 unspecified atom stereocenters. The molecule has 1 aromatic rings. The largest absolute Gasteiger partial charge is 0.484 e. The standard InChI is InChI=1S/C15H22N2O3/c1-11-8-17(9-12(2)20-11)15(18)10-19-14-5-3-4-13(6-14)7-16/h3-6,11-12H,7-10,16H2,1-2H3. The summed E-state index contributed by atoms with van der Waals surface area (Å²) in [4.78, 5) is 13.9. The van der Waals surface area contributed by atoms with Gasteiger partial charge >= 0.3 is 0 Å². The lowest BCUT2D eigenvalue weighted by Gasteiger charge is -2.35. The van der Waals surface area contributed by atoms with E-state index in [0.29, 0.717) is 25.4 Å². The molecule has 0 saturated carbocycles. The summed E-state index contributed by atoms with van der Waals surface area (Å²) in [6.07, 6.45) is 0.145. The van der Waals surface area contributed by atoms with Gasteiger partial charge in [0.25, 0.3) is 5.91 Å². The van der Waals surface area contributed by atoms with E-state index in [1.54, 1.807) is 4.90 Å². The molecular weight excluding hydrogens is 256 g/mol. The molecule has 20 heavy (non-hydrogen) atoms. The van der Waals surface area contributed by atoms with Crippen molar-refractivity contribution in [1.29, 1.82) is 0 Å². The molecule has 0 radical (unpaired) electrons. The Hall–Kier alpha value is -1.59. The Labute approximate surface area is 119 Å². The van der Waals surface area contributed by atoms with E-state index in [0.717, 1.165) is 5.56 Å². The van der Waals surface area contributed by atoms with Gasteiger partial charge in [0.15, 0.2) is 6.61 Å². The van der Waals surface area contributed by atoms with Gasteiger partial charge in [-0.1, -0.05) is 12.1 Å². The van der Waals surface area contributed by atoms with Crippen LogP contribution in [0.5, 0.6) is 5.75 Å². The SMILES string of the molecule is CC1CN(C(=O)COc2cccc(CN)c2)CC(C)O1. The zero-order chi connectivity index (χ0) is 14.5. The first-order chi connectivity index (χ1) is 9.58. The molecule has 110 valence electrons. The quantitative estimate of drug-likeness (QED) is 0.897. The molecule has 1 aliphatic heterocycles. The molecule has 0 spiro atoms. The third-order valence-electron chi connectivity index (χ3n) is 3.27. The molecule has 5 nitrogen and oxygen atoms in total. The third kappa shape index (κ3) is 3.95. The number of nitrogens with zero attached hydrogens (tertiary/aromatic N) is 1. The number of amides is 1. The molecule has 1 fully saturated rings. The number of benzene rings is 1. The number of morpholine rings is 1. The molecular formula is C15H22N2O3. The number of carbonyl (C=O) groups excluding carboxylic acids is 1. The van der Waals surface area contributed by atoms with Gasteiger partial charge in [-0.15, -0.1) is 0 Å². The number of hydrogen-bond donors (Lipinski definition) is 1. The van der Waals surface area contributed by atoms with Crippen LogP contribution in [0.3, 0.4) is 0 Å². The van der Waals surface area contributed by atoms with Crippen molar-refractivity contribution >= 4 is 5.91 Å². The van der Waals surface area contributed by atoms with Crippen molar-refractivity contribution in [3.63, 3.8) is 0 Å². The highest BCUT2D eigenvalue weighted by atomic mass is 16.5. The smallest absolute Gasteiger partial charge is 0.260 e. The van der Waals surface area contributed by atoms with E-state index in [4.69, 9.17) is 15.2 Å². The molecule has 1 aliphatic rings. The van der Waals surface area contributed by atoms with Crippen LogP contribution in [0, 0.1) is 0 Å². The number of carbonyl (C=O) groups is 1. The van der Waals surface area contributed by atoms with Crippen LogP contribution in [-0.2, 0) is 16.1 Å². The molecule has 0 aromatic heterocycles. The van der Waals surface area contributed by atoms with E-state index in [1.165, 1.54) is 0 Å². The zero-order valence-electron chi connectivity index (χ0n) is 12.0. The van der Waals surface area contributed by atoms with E-state index in [1.807, 2.05) is 38.1 Å². The number of rotatable bonds is 4. The fourth-order valence-electron chi connectivity index (χ4n) is 2.38. The van der Waals surface area contributed by atoms with Crippen LogP contribution in [0.25, 0.3) is 0 Å². The third-order valence-corrected chi connectivity index (χ3v) is 3.27. The van der Waals surface area contributed by atoms with Gasteiger partial charge in [0.1, 0.15) is 5.75 Å². The predicted molar refractivity (Wildman–Crippen MR) is 76.4 cm³/mol. The van der Waals surface area contributed by atoms with Crippen molar-refractivity contribution < 1.29 is 14.3 Å². The lowest BCUT2D eigenvalue weighted by molar-refractivity contribution is -0.145. The topological polar surface area (TPSA) is 64.8 Å². The summed E-state index contributed by atoms with van der Waals surface area (Å²) in [7, 11) is 0. The maximum absolute atomic E-state index is 12.1. The first kappa shape index (κ1) is 14.8. The summed E-state index contributed by atoms with van der Waals surface area (Å²) in [5.41, 5.74) is 6.57. The Kier molecular flexibility index (Phi) is 4.98. The Morgan fingerprint density at radius 2 is 2.10 bits per heavy atom. The first-order valence-corrected chi connectivity index (χ1v) is 6.93. The maximum Gasteiger partial charge on any atom is 0.260 e. The van der Waals surface area contributed by atoms with Crippen LogP contribution in [0.2, 0.25) is 0 Å². The lowest BCUT2D eigenvalue weighted by Crippen LogP contribution is -2.49. The van der Waals surface area contributed by atoms with Gasteiger partial charge in [-0.05, 0) is 31.5 Å². The highest BCUT2D eigenvalue weighted by Crippen LogP contribution is 2.14. The molecule has 2 rings (SSSR count). The molecule has 2 atom stereocenters. The summed E-state index contributed by atoms with van der Waals surface area (Å²) < 4.78 is 11.2. The maximum atomic E-state index is 12.1. The number of nitrogens with two attached hydrogens (primary N) is 1. The highest BCUT2D eigenvalue weighted by Gasteiger charge is 2.25. The summed E-state index contributed by atoms with van der Waals surface area (Å²) in [6, 6.07) is 7.50. The second-order valence-corrected chi connectivity index (χ2v) is 5.20. The van der Waals surface area contributed by atoms with Gasteiger partial charge in [0, 0.05) is 19.6 Å². The van der Waals surface area contributed by atoms with Gasteiger partial charge in [-0.25, -0.2) is 0 Å². The first-order valence-electron chi connectivity index (χ1n) is 6.93. The van der Waals surface area contributed by atoms with Crippen LogP contribution in [-0.4, -0.2) is 42.7 Å². The Morgan fingerprint density at radius 1 is 1.40 bits per heavy atom. The van der Waals surface area contributed by atoms with E-state index in [2.05, 4.69) is 0 Å². The van der Waals surface area contributed by atoms with E-state index < -0.39 is 0 Å². The second kappa shape index (κ2) is 6.72. The van der Waals surface area contributed by atoms with Crippen molar-refractivity contribution in [1.82, 2.24) is 4.90 Å². The molecule has 1 heterocycles. The Morgan fingerprint density at radius 3 is 2.75 bits per heavy atom. The van der Waals surface area contributed by atoms with Crippen molar-refractivity contribution in [2.45, 2.75) is 32.6 Å². The van der Waals surface area contributed by atoms with Crippen molar-refractivity contribution in [3.8, 4) is 5.75 Å². The molecule has 5 heteroatoms. The monoisotopic (exact) mass is 278 g/mol. The van der Waals surface area contributed by atoms with Crippen LogP contribution in [0.4, 0.5) is 0 Å². The second-order valence-electron chi connectivity index (χ2n) is 5.20. The van der Waals surface area contributed by atoms with Crippen LogP contribution < -0.4 is 10.5 Å². The molecule has 2 N–H and O–H groups in total. The van der Waals surface area contributed by atoms with Gasteiger partial charge in [0.2, 0.25) is 0 Å². The van der Waals surface area contributed by atoms with Crippen LogP contribution in [0.15, 0.2) is 24.3 Å². The predicted octanol–water partition coefficient (Wildman–Crippen LogP) is 1.16. The van der Waals surface area contributed by atoms with Gasteiger partial charge in [-0.3, -0.25) is 4.79 Å². The van der Waals surface area contributed by atoms with E-state index in [9.17, 15) is 4.79 Å². The minimum atomic E-state index is -0.00912.